The summed E-state index contributed by atoms with van der Waals surface area (Å²) in [4.78, 5) is 0.290. The molecule has 4 nitrogen and oxygen atoms in total. The van der Waals surface area contributed by atoms with Gasteiger partial charge in [-0.1, -0.05) is 69.5 Å². The van der Waals surface area contributed by atoms with E-state index in [4.69, 9.17) is 9.83 Å². The smallest absolute Gasteiger partial charge is 0.199 e. The van der Waals surface area contributed by atoms with E-state index in [9.17, 15) is 8.42 Å². The first kappa shape index (κ1) is 23.0. The second-order valence-electron chi connectivity index (χ2n) is 8.02. The monoisotopic (exact) mass is 437 g/mol. The molecule has 0 saturated heterocycles. The van der Waals surface area contributed by atoms with Crippen LogP contribution < -0.4 is 0 Å². The van der Waals surface area contributed by atoms with Gasteiger partial charge in [0.15, 0.2) is 9.84 Å². The molecular weight excluding hydrogens is 406 g/mol. The molecule has 0 saturated carbocycles. The first-order valence-corrected chi connectivity index (χ1v) is 12.5. The van der Waals surface area contributed by atoms with E-state index < -0.39 is 9.84 Å². The minimum atomic E-state index is -3.42. The first-order valence-electron chi connectivity index (χ1n) is 11.0. The van der Waals surface area contributed by atoms with Crippen LogP contribution in [0.4, 0.5) is 0 Å². The van der Waals surface area contributed by atoms with E-state index in [2.05, 4.69) is 6.92 Å². The Morgan fingerprint density at radius 3 is 2.52 bits per heavy atom. The van der Waals surface area contributed by atoms with Crippen molar-refractivity contribution in [3.63, 3.8) is 0 Å². The highest BCUT2D eigenvalue weighted by Crippen LogP contribution is 2.26. The van der Waals surface area contributed by atoms with Crippen LogP contribution in [0, 0.1) is 5.41 Å². The van der Waals surface area contributed by atoms with Crippen LogP contribution in [0.5, 0.6) is 0 Å². The van der Waals surface area contributed by atoms with E-state index >= 15 is 0 Å². The number of benzene rings is 2. The summed E-state index contributed by atoms with van der Waals surface area (Å²) >= 11 is 0. The molecule has 0 aliphatic rings. The molecule has 0 spiro atoms. The Labute approximate surface area is 185 Å². The van der Waals surface area contributed by atoms with Gasteiger partial charge in [0, 0.05) is 22.9 Å². The maximum absolute atomic E-state index is 12.5. The molecule has 3 aromatic rings. The van der Waals surface area contributed by atoms with E-state index in [1.54, 1.807) is 30.3 Å². The predicted octanol–water partition coefficient (Wildman–Crippen LogP) is 7.06. The Bertz CT molecular complexity index is 1110. The molecule has 1 atom stereocenters. The molecule has 0 amide bonds. The molecule has 1 heterocycles. The molecule has 0 bridgehead atoms. The highest BCUT2D eigenvalue weighted by atomic mass is 32.2. The maximum Gasteiger partial charge on any atom is 0.199 e. The summed E-state index contributed by atoms with van der Waals surface area (Å²) in [6.07, 6.45) is 7.50. The maximum atomic E-state index is 12.5. The molecule has 2 aromatic carbocycles. The van der Waals surface area contributed by atoms with Crippen LogP contribution in [-0.2, 0) is 16.3 Å². The summed E-state index contributed by atoms with van der Waals surface area (Å²) in [5.74, 6) is 0.626. The normalized spacial score (nSPS) is 13.1. The largest absolute Gasteiger partial charge is 0.460 e. The summed E-state index contributed by atoms with van der Waals surface area (Å²) in [6, 6.07) is 16.7. The second-order valence-corrected chi connectivity index (χ2v) is 9.85. The highest BCUT2D eigenvalue weighted by molar-refractivity contribution is 7.94. The Morgan fingerprint density at radius 2 is 1.81 bits per heavy atom. The van der Waals surface area contributed by atoms with Gasteiger partial charge in [0.1, 0.15) is 11.3 Å². The minimum Gasteiger partial charge on any atom is -0.460 e. The van der Waals surface area contributed by atoms with Crippen molar-refractivity contribution in [2.75, 3.05) is 0 Å². The lowest BCUT2D eigenvalue weighted by molar-refractivity contribution is 0.543. The van der Waals surface area contributed by atoms with Gasteiger partial charge < -0.3 is 9.83 Å². The topological polar surface area (TPSA) is 71.1 Å². The zero-order valence-corrected chi connectivity index (χ0v) is 19.1. The van der Waals surface area contributed by atoms with Crippen molar-refractivity contribution in [3.05, 3.63) is 77.4 Å². The predicted molar refractivity (Wildman–Crippen MR) is 128 cm³/mol. The molecule has 0 aliphatic heterocycles. The Balaban J connectivity index is 1.60. The average molecular weight is 438 g/mol. The van der Waals surface area contributed by atoms with Crippen molar-refractivity contribution in [2.24, 2.45) is 0 Å². The van der Waals surface area contributed by atoms with Gasteiger partial charge in [-0.2, -0.15) is 0 Å². The lowest BCUT2D eigenvalue weighted by Crippen LogP contribution is -2.10. The molecule has 164 valence electrons. The van der Waals surface area contributed by atoms with Crippen LogP contribution in [-0.4, -0.2) is 14.1 Å². The van der Waals surface area contributed by atoms with Crippen molar-refractivity contribution in [1.29, 1.82) is 5.41 Å². The molecule has 1 N–H and O–H groups in total. The fourth-order valence-electron chi connectivity index (χ4n) is 3.52. The van der Waals surface area contributed by atoms with Crippen molar-refractivity contribution >= 4 is 26.5 Å². The van der Waals surface area contributed by atoms with Crippen LogP contribution in [0.3, 0.4) is 0 Å². The van der Waals surface area contributed by atoms with Gasteiger partial charge in [-0.25, -0.2) is 8.42 Å². The molecule has 5 heteroatoms. The van der Waals surface area contributed by atoms with Gasteiger partial charge in [-0.05, 0) is 42.7 Å². The number of furan rings is 1. The third-order valence-electron chi connectivity index (χ3n) is 5.54. The van der Waals surface area contributed by atoms with Crippen molar-refractivity contribution in [2.45, 2.75) is 63.2 Å². The molecule has 0 radical (unpaired) electrons. The van der Waals surface area contributed by atoms with Gasteiger partial charge in [0.05, 0.1) is 10.8 Å². The van der Waals surface area contributed by atoms with Crippen LogP contribution in [0.25, 0.3) is 11.0 Å². The van der Waals surface area contributed by atoms with Gasteiger partial charge in [0.25, 0.3) is 0 Å². The fourth-order valence-corrected chi connectivity index (χ4v) is 4.58. The number of rotatable bonds is 11. The number of para-hydroxylation sites is 1. The number of hydrogen-bond donors (Lipinski definition) is 1. The number of hydrogen-bond acceptors (Lipinski definition) is 4. The van der Waals surface area contributed by atoms with Crippen molar-refractivity contribution in [1.82, 2.24) is 0 Å². The fraction of sp³-hybridized carbons (Fsp3) is 0.346. The first-order chi connectivity index (χ1) is 14.9. The minimum absolute atomic E-state index is 0.147. The van der Waals surface area contributed by atoms with Crippen LogP contribution in [0.1, 0.15) is 63.2 Å². The summed E-state index contributed by atoms with van der Waals surface area (Å²) < 4.78 is 30.9. The summed E-state index contributed by atoms with van der Waals surface area (Å²) in [5.41, 5.74) is 2.27. The number of nitrogens with one attached hydrogen (secondary N) is 1. The van der Waals surface area contributed by atoms with Gasteiger partial charge in [-0.15, -0.1) is 0 Å². The number of allylic oxidation sites excluding steroid dienone is 1. The van der Waals surface area contributed by atoms with Crippen LogP contribution in [0.15, 0.2) is 75.4 Å². The standard InChI is InChI=1S/C26H31NO3S/c1-3-4-5-6-7-10-17-31(28,29)23-15-13-21(14-16-23)18-24(27)20(2)26-19-22-11-8-9-12-25(22)30-26/h8-17,19-20,27H,3-7,18H2,1-2H3. The van der Waals surface area contributed by atoms with E-state index in [1.807, 2.05) is 37.3 Å². The number of unbranched alkanes of at least 4 members (excludes halogenated alkanes) is 4. The van der Waals surface area contributed by atoms with Gasteiger partial charge in [0.2, 0.25) is 0 Å². The molecule has 1 aromatic heterocycles. The summed E-state index contributed by atoms with van der Waals surface area (Å²) in [6.45, 7) is 4.12. The van der Waals surface area contributed by atoms with Gasteiger partial charge in [-0.3, -0.25) is 0 Å². The SMILES string of the molecule is CCCCCCC=CS(=O)(=O)c1ccc(CC(=N)C(C)c2cc3ccccc3o2)cc1. The Hall–Kier alpha value is -2.66. The quantitative estimate of drug-likeness (QED) is 0.258. The van der Waals surface area contributed by atoms with Crippen molar-refractivity contribution in [3.8, 4) is 0 Å². The molecule has 1 unspecified atom stereocenters. The zero-order chi connectivity index (χ0) is 22.3. The Kier molecular flexibility index (Phi) is 7.85. The molecular formula is C26H31NO3S. The van der Waals surface area contributed by atoms with Crippen LogP contribution in [0.2, 0.25) is 0 Å². The molecule has 31 heavy (non-hydrogen) atoms. The molecule has 0 fully saturated rings. The van der Waals surface area contributed by atoms with E-state index in [-0.39, 0.29) is 10.8 Å². The third kappa shape index (κ3) is 6.17. The number of fused-ring (bicyclic) bond motifs is 1. The van der Waals surface area contributed by atoms with E-state index in [0.29, 0.717) is 12.1 Å². The second kappa shape index (κ2) is 10.6. The molecule has 0 aliphatic carbocycles. The lowest BCUT2D eigenvalue weighted by Gasteiger charge is -2.11. The van der Waals surface area contributed by atoms with E-state index in [1.165, 1.54) is 18.2 Å². The summed E-state index contributed by atoms with van der Waals surface area (Å²) in [5, 5.41) is 10.8. The third-order valence-corrected chi connectivity index (χ3v) is 7.02. The lowest BCUT2D eigenvalue weighted by atomic mass is 9.96. The number of sulfone groups is 1. The van der Waals surface area contributed by atoms with Crippen molar-refractivity contribution < 1.29 is 12.8 Å². The average Bonchev–Trinajstić information content (AvgIpc) is 3.20. The zero-order valence-electron chi connectivity index (χ0n) is 18.3. The van der Waals surface area contributed by atoms with Gasteiger partial charge >= 0.3 is 0 Å². The van der Waals surface area contributed by atoms with Crippen LogP contribution >= 0.6 is 0 Å². The highest BCUT2D eigenvalue weighted by Gasteiger charge is 2.17. The Morgan fingerprint density at radius 1 is 1.06 bits per heavy atom. The molecule has 3 rings (SSSR count). The van der Waals surface area contributed by atoms with E-state index in [0.717, 1.165) is 41.6 Å². The summed E-state index contributed by atoms with van der Waals surface area (Å²) in [7, 11) is -3.42.